The summed E-state index contributed by atoms with van der Waals surface area (Å²) in [5.74, 6) is -0.807. The zero-order valence-electron chi connectivity index (χ0n) is 9.58. The molecular weight excluding hydrogens is 211 g/mol. The van der Waals surface area contributed by atoms with Gasteiger partial charge in [0.05, 0.1) is 13.5 Å². The monoisotopic (exact) mass is 226 g/mol. The molecule has 0 fully saturated rings. The Bertz CT molecular complexity index is 399. The summed E-state index contributed by atoms with van der Waals surface area (Å²) in [7, 11) is 1.48. The molecule has 0 bridgehead atoms. The van der Waals surface area contributed by atoms with Crippen molar-refractivity contribution in [1.82, 2.24) is 0 Å². The molecule has 16 heavy (non-hydrogen) atoms. The van der Waals surface area contributed by atoms with E-state index in [9.17, 15) is 9.18 Å². The Morgan fingerprint density at radius 3 is 2.62 bits per heavy atom. The third-order valence-electron chi connectivity index (χ3n) is 2.48. The van der Waals surface area contributed by atoms with Gasteiger partial charge in [-0.25, -0.2) is 4.39 Å². The van der Waals surface area contributed by atoms with Gasteiger partial charge in [-0.1, -0.05) is 13.8 Å². The molecule has 3 nitrogen and oxygen atoms in total. The largest absolute Gasteiger partial charge is 0.496 e. The van der Waals surface area contributed by atoms with E-state index in [1.807, 2.05) is 0 Å². The van der Waals surface area contributed by atoms with Gasteiger partial charge in [0, 0.05) is 11.0 Å². The highest BCUT2D eigenvalue weighted by atomic mass is 19.1. The Morgan fingerprint density at radius 1 is 1.50 bits per heavy atom. The second kappa shape index (κ2) is 4.51. The van der Waals surface area contributed by atoms with Crippen LogP contribution in [-0.4, -0.2) is 18.2 Å². The van der Waals surface area contributed by atoms with Gasteiger partial charge in [0.1, 0.15) is 11.6 Å². The topological polar surface area (TPSA) is 46.5 Å². The van der Waals surface area contributed by atoms with Gasteiger partial charge in [-0.15, -0.1) is 0 Å². The van der Waals surface area contributed by atoms with Crippen molar-refractivity contribution in [2.45, 2.75) is 25.7 Å². The van der Waals surface area contributed by atoms with Crippen molar-refractivity contribution in [2.75, 3.05) is 7.11 Å². The van der Waals surface area contributed by atoms with Gasteiger partial charge in [-0.05, 0) is 18.2 Å². The van der Waals surface area contributed by atoms with E-state index in [2.05, 4.69) is 0 Å². The molecule has 0 amide bonds. The normalized spacial score (nSPS) is 11.2. The molecule has 1 aromatic rings. The van der Waals surface area contributed by atoms with Crippen LogP contribution in [0.5, 0.6) is 5.75 Å². The van der Waals surface area contributed by atoms with Crippen molar-refractivity contribution in [2.24, 2.45) is 0 Å². The number of methoxy groups -OCH3 is 1. The summed E-state index contributed by atoms with van der Waals surface area (Å²) >= 11 is 0. The van der Waals surface area contributed by atoms with Crippen LogP contribution in [0.2, 0.25) is 0 Å². The fourth-order valence-electron chi connectivity index (χ4n) is 1.68. The van der Waals surface area contributed by atoms with Crippen LogP contribution >= 0.6 is 0 Å². The molecule has 88 valence electrons. The number of ether oxygens (including phenoxy) is 1. The van der Waals surface area contributed by atoms with Gasteiger partial charge in [0.2, 0.25) is 0 Å². The predicted molar refractivity (Wildman–Crippen MR) is 58.2 cm³/mol. The van der Waals surface area contributed by atoms with Crippen molar-refractivity contribution < 1.29 is 19.0 Å². The Morgan fingerprint density at radius 2 is 2.12 bits per heavy atom. The van der Waals surface area contributed by atoms with E-state index in [1.165, 1.54) is 25.3 Å². The molecule has 1 rings (SSSR count). The standard InChI is InChI=1S/C12H15FO3/c1-12(2,7-11(14)15)9-6-8(13)4-5-10(9)16-3/h4-6H,7H2,1-3H3,(H,14,15). The summed E-state index contributed by atoms with van der Waals surface area (Å²) in [6, 6.07) is 4.12. The first kappa shape index (κ1) is 12.5. The van der Waals surface area contributed by atoms with Crippen LogP contribution in [-0.2, 0) is 10.2 Å². The van der Waals surface area contributed by atoms with E-state index in [0.29, 0.717) is 11.3 Å². The van der Waals surface area contributed by atoms with E-state index >= 15 is 0 Å². The number of rotatable bonds is 4. The Labute approximate surface area is 93.9 Å². The molecule has 0 aliphatic heterocycles. The van der Waals surface area contributed by atoms with Crippen LogP contribution in [0.3, 0.4) is 0 Å². The lowest BCUT2D eigenvalue weighted by atomic mass is 9.81. The molecule has 1 aromatic carbocycles. The van der Waals surface area contributed by atoms with Crippen LogP contribution in [0, 0.1) is 5.82 Å². The van der Waals surface area contributed by atoms with Crippen molar-refractivity contribution >= 4 is 5.97 Å². The van der Waals surface area contributed by atoms with Gasteiger partial charge in [-0.2, -0.15) is 0 Å². The fourth-order valence-corrected chi connectivity index (χ4v) is 1.68. The van der Waals surface area contributed by atoms with Gasteiger partial charge in [0.25, 0.3) is 0 Å². The SMILES string of the molecule is COc1ccc(F)cc1C(C)(C)CC(=O)O. The summed E-state index contributed by atoms with van der Waals surface area (Å²) in [6.45, 7) is 3.50. The molecule has 0 radical (unpaired) electrons. The van der Waals surface area contributed by atoms with Gasteiger partial charge in [0.15, 0.2) is 0 Å². The first-order chi connectivity index (χ1) is 7.36. The lowest BCUT2D eigenvalue weighted by Gasteiger charge is -2.25. The van der Waals surface area contributed by atoms with Gasteiger partial charge < -0.3 is 9.84 Å². The zero-order chi connectivity index (χ0) is 12.3. The molecule has 0 spiro atoms. The molecule has 0 aromatic heterocycles. The van der Waals surface area contributed by atoms with E-state index in [4.69, 9.17) is 9.84 Å². The average molecular weight is 226 g/mol. The van der Waals surface area contributed by atoms with Crippen molar-refractivity contribution in [3.05, 3.63) is 29.6 Å². The predicted octanol–water partition coefficient (Wildman–Crippen LogP) is 2.59. The first-order valence-corrected chi connectivity index (χ1v) is 4.92. The summed E-state index contributed by atoms with van der Waals surface area (Å²) < 4.78 is 18.3. The summed E-state index contributed by atoms with van der Waals surface area (Å²) in [6.07, 6.45) is -0.0766. The molecule has 0 saturated heterocycles. The zero-order valence-corrected chi connectivity index (χ0v) is 9.58. The highest BCUT2D eigenvalue weighted by molar-refractivity contribution is 5.69. The molecule has 1 N–H and O–H groups in total. The molecular formula is C12H15FO3. The molecule has 0 unspecified atom stereocenters. The number of carboxylic acid groups (broad SMARTS) is 1. The molecule has 0 heterocycles. The lowest BCUT2D eigenvalue weighted by Crippen LogP contribution is -2.22. The number of aliphatic carboxylic acids is 1. The number of hydrogen-bond donors (Lipinski definition) is 1. The van der Waals surface area contributed by atoms with E-state index in [1.54, 1.807) is 13.8 Å². The van der Waals surface area contributed by atoms with Crippen LogP contribution in [0.4, 0.5) is 4.39 Å². The smallest absolute Gasteiger partial charge is 0.304 e. The van der Waals surface area contributed by atoms with Crippen molar-refractivity contribution in [3.8, 4) is 5.75 Å². The third kappa shape index (κ3) is 2.72. The molecule has 0 aliphatic rings. The number of carbonyl (C=O) groups is 1. The van der Waals surface area contributed by atoms with Gasteiger partial charge in [-0.3, -0.25) is 4.79 Å². The average Bonchev–Trinajstić information content (AvgIpc) is 2.15. The van der Waals surface area contributed by atoms with Crippen LogP contribution in [0.25, 0.3) is 0 Å². The quantitative estimate of drug-likeness (QED) is 0.858. The molecule has 0 atom stereocenters. The third-order valence-corrected chi connectivity index (χ3v) is 2.48. The number of halogens is 1. The van der Waals surface area contributed by atoms with Crippen molar-refractivity contribution in [1.29, 1.82) is 0 Å². The Hall–Kier alpha value is -1.58. The molecule has 4 heteroatoms. The second-order valence-electron chi connectivity index (χ2n) is 4.30. The first-order valence-electron chi connectivity index (χ1n) is 4.92. The van der Waals surface area contributed by atoms with Crippen LogP contribution < -0.4 is 4.74 Å². The Kier molecular flexibility index (Phi) is 3.52. The minimum absolute atomic E-state index is 0.0766. The highest BCUT2D eigenvalue weighted by Crippen LogP contribution is 2.34. The highest BCUT2D eigenvalue weighted by Gasteiger charge is 2.27. The van der Waals surface area contributed by atoms with Crippen LogP contribution in [0.15, 0.2) is 18.2 Å². The second-order valence-corrected chi connectivity index (χ2v) is 4.30. The Balaban J connectivity index is 3.18. The number of benzene rings is 1. The summed E-state index contributed by atoms with van der Waals surface area (Å²) in [5, 5.41) is 8.81. The van der Waals surface area contributed by atoms with E-state index in [-0.39, 0.29) is 6.42 Å². The van der Waals surface area contributed by atoms with E-state index in [0.717, 1.165) is 0 Å². The summed E-state index contributed by atoms with van der Waals surface area (Å²) in [4.78, 5) is 10.7. The molecule has 0 saturated carbocycles. The fraction of sp³-hybridized carbons (Fsp3) is 0.417. The maximum Gasteiger partial charge on any atom is 0.304 e. The summed E-state index contributed by atoms with van der Waals surface area (Å²) in [5.41, 5.74) is -0.100. The minimum atomic E-state index is -0.920. The molecule has 0 aliphatic carbocycles. The maximum absolute atomic E-state index is 13.1. The number of hydrogen-bond acceptors (Lipinski definition) is 2. The van der Waals surface area contributed by atoms with E-state index < -0.39 is 17.2 Å². The number of carboxylic acids is 1. The van der Waals surface area contributed by atoms with Gasteiger partial charge >= 0.3 is 5.97 Å². The minimum Gasteiger partial charge on any atom is -0.496 e. The maximum atomic E-state index is 13.1. The lowest BCUT2D eigenvalue weighted by molar-refractivity contribution is -0.138. The van der Waals surface area contributed by atoms with Crippen LogP contribution in [0.1, 0.15) is 25.8 Å². The van der Waals surface area contributed by atoms with Crippen molar-refractivity contribution in [3.63, 3.8) is 0 Å².